The van der Waals surface area contributed by atoms with Gasteiger partial charge < -0.3 is 4.90 Å². The Balaban J connectivity index is 2.57. The van der Waals surface area contributed by atoms with E-state index >= 15 is 0 Å². The highest BCUT2D eigenvalue weighted by Crippen LogP contribution is 2.32. The molecule has 2 aromatic rings. The molecule has 0 unspecified atom stereocenters. The highest BCUT2D eigenvalue weighted by molar-refractivity contribution is 5.68. The molecule has 0 aromatic heterocycles. The van der Waals surface area contributed by atoms with Gasteiger partial charge in [0.2, 0.25) is 0 Å². The van der Waals surface area contributed by atoms with Crippen molar-refractivity contribution in [2.45, 2.75) is 13.0 Å². The minimum absolute atomic E-state index is 0.120. The maximum absolute atomic E-state index is 13.2. The standard InChI is InChI=1S/C16H17F2N/c1-19(2)11-15-13(12-7-4-3-5-8-12)9-6-10-14(15)16(17)18/h3-10,16H,11H2,1-2H3. The molecular formula is C16H17F2N. The van der Waals surface area contributed by atoms with Crippen molar-refractivity contribution in [2.75, 3.05) is 14.1 Å². The Morgan fingerprint density at radius 3 is 2.21 bits per heavy atom. The highest BCUT2D eigenvalue weighted by atomic mass is 19.3. The smallest absolute Gasteiger partial charge is 0.264 e. The third-order valence-electron chi connectivity index (χ3n) is 3.01. The van der Waals surface area contributed by atoms with E-state index in [9.17, 15) is 8.78 Å². The van der Waals surface area contributed by atoms with Gasteiger partial charge in [-0.25, -0.2) is 8.78 Å². The summed E-state index contributed by atoms with van der Waals surface area (Å²) in [5.74, 6) is 0. The number of alkyl halides is 2. The van der Waals surface area contributed by atoms with Crippen molar-refractivity contribution in [3.63, 3.8) is 0 Å². The molecule has 0 heterocycles. The normalized spacial score (nSPS) is 11.3. The maximum atomic E-state index is 13.2. The van der Waals surface area contributed by atoms with Crippen LogP contribution in [0.1, 0.15) is 17.6 Å². The van der Waals surface area contributed by atoms with Crippen molar-refractivity contribution < 1.29 is 8.78 Å². The van der Waals surface area contributed by atoms with Crippen LogP contribution in [0.4, 0.5) is 8.78 Å². The van der Waals surface area contributed by atoms with E-state index in [0.717, 1.165) is 11.1 Å². The molecule has 0 saturated heterocycles. The van der Waals surface area contributed by atoms with Crippen LogP contribution in [0.15, 0.2) is 48.5 Å². The molecule has 2 rings (SSSR count). The second kappa shape index (κ2) is 5.93. The van der Waals surface area contributed by atoms with Gasteiger partial charge in [0.05, 0.1) is 0 Å². The van der Waals surface area contributed by atoms with Gasteiger partial charge in [0.1, 0.15) is 0 Å². The Morgan fingerprint density at radius 1 is 0.947 bits per heavy atom. The Hall–Kier alpha value is -1.74. The topological polar surface area (TPSA) is 3.24 Å². The summed E-state index contributed by atoms with van der Waals surface area (Å²) in [6.45, 7) is 0.505. The third-order valence-corrected chi connectivity index (χ3v) is 3.01. The van der Waals surface area contributed by atoms with Gasteiger partial charge in [-0.05, 0) is 30.8 Å². The lowest BCUT2D eigenvalue weighted by Gasteiger charge is -2.18. The van der Waals surface area contributed by atoms with Crippen molar-refractivity contribution in [3.8, 4) is 11.1 Å². The molecule has 0 atom stereocenters. The van der Waals surface area contributed by atoms with Crippen LogP contribution in [0, 0.1) is 0 Å². The zero-order chi connectivity index (χ0) is 13.8. The fourth-order valence-corrected chi connectivity index (χ4v) is 2.19. The highest BCUT2D eigenvalue weighted by Gasteiger charge is 2.17. The first-order chi connectivity index (χ1) is 9.09. The van der Waals surface area contributed by atoms with E-state index in [1.807, 2.05) is 55.4 Å². The summed E-state index contributed by atoms with van der Waals surface area (Å²) in [7, 11) is 3.77. The second-order valence-electron chi connectivity index (χ2n) is 4.78. The molecule has 2 aromatic carbocycles. The average molecular weight is 261 g/mol. The first-order valence-corrected chi connectivity index (χ1v) is 6.19. The maximum Gasteiger partial charge on any atom is 0.264 e. The molecule has 19 heavy (non-hydrogen) atoms. The minimum atomic E-state index is -2.45. The van der Waals surface area contributed by atoms with E-state index in [4.69, 9.17) is 0 Å². The lowest BCUT2D eigenvalue weighted by Crippen LogP contribution is -2.13. The first-order valence-electron chi connectivity index (χ1n) is 6.19. The van der Waals surface area contributed by atoms with Crippen LogP contribution in [0.3, 0.4) is 0 Å². The molecule has 0 radical (unpaired) electrons. The van der Waals surface area contributed by atoms with Gasteiger partial charge in [0, 0.05) is 12.1 Å². The number of rotatable bonds is 4. The molecule has 0 saturated carbocycles. The molecule has 0 fully saturated rings. The molecule has 0 N–H and O–H groups in total. The average Bonchev–Trinajstić information content (AvgIpc) is 2.39. The van der Waals surface area contributed by atoms with Gasteiger partial charge in [0.25, 0.3) is 6.43 Å². The van der Waals surface area contributed by atoms with Gasteiger partial charge >= 0.3 is 0 Å². The zero-order valence-electron chi connectivity index (χ0n) is 11.1. The Kier molecular flexibility index (Phi) is 4.27. The van der Waals surface area contributed by atoms with E-state index in [1.165, 1.54) is 6.07 Å². The second-order valence-corrected chi connectivity index (χ2v) is 4.78. The van der Waals surface area contributed by atoms with Gasteiger partial charge in [-0.1, -0.05) is 48.5 Å². The first kappa shape index (κ1) is 13.7. The number of hydrogen-bond donors (Lipinski definition) is 0. The zero-order valence-corrected chi connectivity index (χ0v) is 11.1. The molecule has 0 aliphatic rings. The molecule has 100 valence electrons. The van der Waals surface area contributed by atoms with Crippen LogP contribution in [0.25, 0.3) is 11.1 Å². The van der Waals surface area contributed by atoms with E-state index in [-0.39, 0.29) is 5.56 Å². The lowest BCUT2D eigenvalue weighted by molar-refractivity contribution is 0.149. The van der Waals surface area contributed by atoms with Crippen LogP contribution in [-0.4, -0.2) is 19.0 Å². The summed E-state index contributed by atoms with van der Waals surface area (Å²) in [5.41, 5.74) is 2.68. The van der Waals surface area contributed by atoms with Crippen molar-refractivity contribution in [1.82, 2.24) is 4.90 Å². The van der Waals surface area contributed by atoms with Crippen molar-refractivity contribution in [2.24, 2.45) is 0 Å². The summed E-state index contributed by atoms with van der Waals surface area (Å²) in [6, 6.07) is 14.8. The predicted octanol–water partition coefficient (Wildman–Crippen LogP) is 4.35. The predicted molar refractivity (Wildman–Crippen MR) is 74.2 cm³/mol. The van der Waals surface area contributed by atoms with Crippen LogP contribution < -0.4 is 0 Å². The fourth-order valence-electron chi connectivity index (χ4n) is 2.19. The molecule has 3 heteroatoms. The quantitative estimate of drug-likeness (QED) is 0.790. The summed E-state index contributed by atoms with van der Waals surface area (Å²) < 4.78 is 26.3. The van der Waals surface area contributed by atoms with Gasteiger partial charge in [-0.15, -0.1) is 0 Å². The lowest BCUT2D eigenvalue weighted by atomic mass is 9.95. The molecular weight excluding hydrogens is 244 g/mol. The monoisotopic (exact) mass is 261 g/mol. The van der Waals surface area contributed by atoms with E-state index in [0.29, 0.717) is 12.1 Å². The summed E-state index contributed by atoms with van der Waals surface area (Å²) in [4.78, 5) is 1.91. The third kappa shape index (κ3) is 3.18. The molecule has 1 nitrogen and oxygen atoms in total. The van der Waals surface area contributed by atoms with E-state index in [1.54, 1.807) is 6.07 Å². The molecule has 0 bridgehead atoms. The molecule has 0 aliphatic carbocycles. The number of hydrogen-bond acceptors (Lipinski definition) is 1. The SMILES string of the molecule is CN(C)Cc1c(-c2ccccc2)cccc1C(F)F. The van der Waals surface area contributed by atoms with Crippen molar-refractivity contribution in [1.29, 1.82) is 0 Å². The molecule has 0 aliphatic heterocycles. The van der Waals surface area contributed by atoms with Crippen molar-refractivity contribution >= 4 is 0 Å². The number of nitrogens with zero attached hydrogens (tertiary/aromatic N) is 1. The summed E-state index contributed by atoms with van der Waals surface area (Å²) >= 11 is 0. The van der Waals surface area contributed by atoms with Crippen LogP contribution in [0.2, 0.25) is 0 Å². The van der Waals surface area contributed by atoms with Crippen LogP contribution in [0.5, 0.6) is 0 Å². The number of benzene rings is 2. The Bertz CT molecular complexity index is 536. The minimum Gasteiger partial charge on any atom is -0.305 e. The Morgan fingerprint density at radius 2 is 1.63 bits per heavy atom. The Labute approximate surface area is 112 Å². The van der Waals surface area contributed by atoms with Gasteiger partial charge in [-0.3, -0.25) is 0 Å². The largest absolute Gasteiger partial charge is 0.305 e. The van der Waals surface area contributed by atoms with Gasteiger partial charge in [0.15, 0.2) is 0 Å². The van der Waals surface area contributed by atoms with Crippen LogP contribution in [-0.2, 0) is 6.54 Å². The van der Waals surface area contributed by atoms with Crippen molar-refractivity contribution in [3.05, 3.63) is 59.7 Å². The summed E-state index contributed by atoms with van der Waals surface area (Å²) in [6.07, 6.45) is -2.45. The van der Waals surface area contributed by atoms with E-state index in [2.05, 4.69) is 0 Å². The fraction of sp³-hybridized carbons (Fsp3) is 0.250. The van der Waals surface area contributed by atoms with E-state index < -0.39 is 6.43 Å². The molecule has 0 spiro atoms. The summed E-state index contributed by atoms with van der Waals surface area (Å²) in [5, 5.41) is 0. The van der Waals surface area contributed by atoms with Crippen LogP contribution >= 0.6 is 0 Å². The molecule has 0 amide bonds. The van der Waals surface area contributed by atoms with Gasteiger partial charge in [-0.2, -0.15) is 0 Å². The number of halogens is 2.